The predicted molar refractivity (Wildman–Crippen MR) is 90.7 cm³/mol. The molecule has 2 amide bonds. The molecule has 0 unspecified atom stereocenters. The van der Waals surface area contributed by atoms with E-state index in [1.165, 1.54) is 11.3 Å². The third-order valence-electron chi connectivity index (χ3n) is 3.66. The number of urea groups is 1. The number of nitrogens with zero attached hydrogens (tertiary/aromatic N) is 1. The van der Waals surface area contributed by atoms with Crippen LogP contribution in [-0.2, 0) is 17.8 Å². The number of benzene rings is 1. The zero-order valence-electron chi connectivity index (χ0n) is 13.0. The zero-order chi connectivity index (χ0) is 16.4. The number of amides is 2. The van der Waals surface area contributed by atoms with Crippen LogP contribution in [0.15, 0.2) is 30.3 Å². The van der Waals surface area contributed by atoms with E-state index in [0.717, 1.165) is 10.4 Å². The van der Waals surface area contributed by atoms with Gasteiger partial charge in [0.15, 0.2) is 0 Å². The lowest BCUT2D eigenvalue weighted by atomic mass is 9.93. The van der Waals surface area contributed by atoms with Crippen molar-refractivity contribution < 1.29 is 9.53 Å². The van der Waals surface area contributed by atoms with Crippen LogP contribution in [0, 0.1) is 11.3 Å². The number of anilines is 2. The van der Waals surface area contributed by atoms with Gasteiger partial charge in [0, 0.05) is 17.0 Å². The Kier molecular flexibility index (Phi) is 4.07. The molecule has 0 spiro atoms. The topological polar surface area (TPSA) is 74.2 Å². The van der Waals surface area contributed by atoms with Crippen molar-refractivity contribution >= 4 is 28.1 Å². The highest BCUT2D eigenvalue weighted by Crippen LogP contribution is 2.39. The summed E-state index contributed by atoms with van der Waals surface area (Å²) in [7, 11) is 0. The Hall–Kier alpha value is -2.36. The molecule has 1 aromatic carbocycles. The van der Waals surface area contributed by atoms with Crippen molar-refractivity contribution in [1.82, 2.24) is 0 Å². The van der Waals surface area contributed by atoms with E-state index in [1.807, 2.05) is 32.0 Å². The van der Waals surface area contributed by atoms with Crippen molar-refractivity contribution in [2.24, 2.45) is 0 Å². The molecule has 5 nitrogen and oxygen atoms in total. The second kappa shape index (κ2) is 6.03. The van der Waals surface area contributed by atoms with Gasteiger partial charge in [-0.25, -0.2) is 4.79 Å². The van der Waals surface area contributed by atoms with E-state index in [2.05, 4.69) is 16.7 Å². The number of fused-ring (bicyclic) bond motifs is 1. The summed E-state index contributed by atoms with van der Waals surface area (Å²) in [6.45, 7) is 4.48. The van der Waals surface area contributed by atoms with Crippen molar-refractivity contribution in [2.45, 2.75) is 32.5 Å². The van der Waals surface area contributed by atoms with Crippen LogP contribution in [0.3, 0.4) is 0 Å². The van der Waals surface area contributed by atoms with Crippen LogP contribution in [0.4, 0.5) is 15.5 Å². The maximum absolute atomic E-state index is 12.1. The minimum Gasteiger partial charge on any atom is -0.370 e. The summed E-state index contributed by atoms with van der Waals surface area (Å²) < 4.78 is 5.78. The predicted octanol–water partition coefficient (Wildman–Crippen LogP) is 4.12. The molecular formula is C17H17N3O2S. The molecule has 23 heavy (non-hydrogen) atoms. The SMILES string of the molecule is CC1(C)Cc2c(sc(NC(=O)Nc3ccccc3)c2C#N)CO1. The van der Waals surface area contributed by atoms with E-state index in [1.54, 1.807) is 12.1 Å². The molecule has 0 fully saturated rings. The van der Waals surface area contributed by atoms with E-state index in [0.29, 0.717) is 29.3 Å². The number of hydrogen-bond donors (Lipinski definition) is 2. The van der Waals surface area contributed by atoms with Crippen molar-refractivity contribution in [1.29, 1.82) is 5.26 Å². The van der Waals surface area contributed by atoms with Crippen LogP contribution in [0.2, 0.25) is 0 Å². The number of nitrogens with one attached hydrogen (secondary N) is 2. The van der Waals surface area contributed by atoms with Crippen LogP contribution >= 0.6 is 11.3 Å². The second-order valence-corrected chi connectivity index (χ2v) is 7.10. The third-order valence-corrected chi connectivity index (χ3v) is 4.78. The highest BCUT2D eigenvalue weighted by Gasteiger charge is 2.31. The molecular weight excluding hydrogens is 310 g/mol. The number of carbonyl (C=O) groups excluding carboxylic acids is 1. The number of nitriles is 1. The molecule has 2 N–H and O–H groups in total. The van der Waals surface area contributed by atoms with E-state index in [4.69, 9.17) is 4.74 Å². The quantitative estimate of drug-likeness (QED) is 0.871. The molecule has 2 heterocycles. The minimum atomic E-state index is -0.355. The summed E-state index contributed by atoms with van der Waals surface area (Å²) >= 11 is 1.41. The van der Waals surface area contributed by atoms with Crippen LogP contribution in [0.25, 0.3) is 0 Å². The summed E-state index contributed by atoms with van der Waals surface area (Å²) in [4.78, 5) is 13.1. The Bertz CT molecular complexity index is 775. The first-order valence-electron chi connectivity index (χ1n) is 7.30. The highest BCUT2D eigenvalue weighted by atomic mass is 32.1. The maximum atomic E-state index is 12.1. The van der Waals surface area contributed by atoms with Crippen molar-refractivity contribution in [3.63, 3.8) is 0 Å². The first-order chi connectivity index (χ1) is 11.0. The fourth-order valence-corrected chi connectivity index (χ4v) is 3.62. The summed E-state index contributed by atoms with van der Waals surface area (Å²) in [6.07, 6.45) is 0.670. The maximum Gasteiger partial charge on any atom is 0.324 e. The lowest BCUT2D eigenvalue weighted by molar-refractivity contribution is -0.0383. The fraction of sp³-hybridized carbons (Fsp3) is 0.294. The standard InChI is InChI=1S/C17H17N3O2S/c1-17(2)8-12-13(9-18)15(23-14(12)10-22-17)20-16(21)19-11-6-4-3-5-7-11/h3-7H,8,10H2,1-2H3,(H2,19,20,21). The van der Waals surface area contributed by atoms with Gasteiger partial charge in [0.2, 0.25) is 0 Å². The monoisotopic (exact) mass is 327 g/mol. The Morgan fingerprint density at radius 1 is 1.30 bits per heavy atom. The van der Waals surface area contributed by atoms with E-state index in [9.17, 15) is 10.1 Å². The Morgan fingerprint density at radius 3 is 2.74 bits per heavy atom. The lowest BCUT2D eigenvalue weighted by Crippen LogP contribution is -2.31. The summed E-state index contributed by atoms with van der Waals surface area (Å²) in [5.74, 6) is 0. The van der Waals surface area contributed by atoms with E-state index in [-0.39, 0.29) is 11.6 Å². The van der Waals surface area contributed by atoms with Gasteiger partial charge in [-0.05, 0) is 31.5 Å². The van der Waals surface area contributed by atoms with Gasteiger partial charge in [0.1, 0.15) is 11.1 Å². The molecule has 118 valence electrons. The van der Waals surface area contributed by atoms with Crippen LogP contribution in [0.5, 0.6) is 0 Å². The summed E-state index contributed by atoms with van der Waals surface area (Å²) in [6, 6.07) is 11.1. The number of hydrogen-bond acceptors (Lipinski definition) is 4. The molecule has 2 aromatic rings. The second-order valence-electron chi connectivity index (χ2n) is 5.99. The van der Waals surface area contributed by atoms with E-state index >= 15 is 0 Å². The average molecular weight is 327 g/mol. The molecule has 1 aromatic heterocycles. The third kappa shape index (κ3) is 3.36. The number of rotatable bonds is 2. The summed E-state index contributed by atoms with van der Waals surface area (Å²) in [5, 5.41) is 15.6. The Morgan fingerprint density at radius 2 is 2.04 bits per heavy atom. The van der Waals surface area contributed by atoms with Gasteiger partial charge in [-0.1, -0.05) is 18.2 Å². The Labute approximate surface area is 138 Å². The van der Waals surface area contributed by atoms with Crippen molar-refractivity contribution in [2.75, 3.05) is 10.6 Å². The molecule has 6 heteroatoms. The molecule has 0 saturated carbocycles. The first kappa shape index (κ1) is 15.5. The number of ether oxygens (including phenoxy) is 1. The largest absolute Gasteiger partial charge is 0.370 e. The van der Waals surface area contributed by atoms with Crippen LogP contribution in [-0.4, -0.2) is 11.6 Å². The molecule has 1 aliphatic rings. The molecule has 0 bridgehead atoms. The summed E-state index contributed by atoms with van der Waals surface area (Å²) in [5.41, 5.74) is 1.95. The zero-order valence-corrected chi connectivity index (χ0v) is 13.8. The minimum absolute atomic E-state index is 0.288. The van der Waals surface area contributed by atoms with Gasteiger partial charge in [0.25, 0.3) is 0 Å². The van der Waals surface area contributed by atoms with Gasteiger partial charge in [0.05, 0.1) is 17.8 Å². The van der Waals surface area contributed by atoms with Crippen molar-refractivity contribution in [3.05, 3.63) is 46.3 Å². The molecule has 0 radical (unpaired) electrons. The van der Waals surface area contributed by atoms with Crippen molar-refractivity contribution in [3.8, 4) is 6.07 Å². The van der Waals surface area contributed by atoms with Crippen LogP contribution < -0.4 is 10.6 Å². The van der Waals surface area contributed by atoms with Gasteiger partial charge in [-0.2, -0.15) is 5.26 Å². The molecule has 0 saturated heterocycles. The number of thiophene rings is 1. The molecule has 0 aliphatic carbocycles. The normalized spacial score (nSPS) is 15.3. The number of carbonyl (C=O) groups is 1. The van der Waals surface area contributed by atoms with Gasteiger partial charge >= 0.3 is 6.03 Å². The molecule has 3 rings (SSSR count). The van der Waals surface area contributed by atoms with Gasteiger partial charge in [-0.15, -0.1) is 11.3 Å². The van der Waals surface area contributed by atoms with Crippen LogP contribution in [0.1, 0.15) is 29.9 Å². The van der Waals surface area contributed by atoms with E-state index < -0.39 is 0 Å². The smallest absolute Gasteiger partial charge is 0.324 e. The highest BCUT2D eigenvalue weighted by molar-refractivity contribution is 7.16. The van der Waals surface area contributed by atoms with Gasteiger partial charge < -0.3 is 10.1 Å². The van der Waals surface area contributed by atoms with Gasteiger partial charge in [-0.3, -0.25) is 5.32 Å². The molecule has 1 aliphatic heterocycles. The Balaban J connectivity index is 1.80. The lowest BCUT2D eigenvalue weighted by Gasteiger charge is -2.29. The number of para-hydroxylation sites is 1. The fourth-order valence-electron chi connectivity index (χ4n) is 2.55. The molecule has 0 atom stereocenters. The first-order valence-corrected chi connectivity index (χ1v) is 8.12. The average Bonchev–Trinajstić information content (AvgIpc) is 2.83.